The number of fused-ring (bicyclic) bond motifs is 5. The monoisotopic (exact) mass is 699 g/mol. The smallest absolute Gasteiger partial charge is 0.236 e. The molecule has 0 radical (unpaired) electrons. The molecule has 2 heteroatoms. The molecule has 0 aliphatic rings. The maximum atomic E-state index is 3.72. The Morgan fingerprint density at radius 2 is 0.818 bits per heavy atom. The van der Waals surface area contributed by atoms with Crippen LogP contribution in [-0.4, -0.2) is 4.98 Å². The molecule has 2 nitrogen and oxygen atoms in total. The van der Waals surface area contributed by atoms with E-state index in [9.17, 15) is 0 Å². The van der Waals surface area contributed by atoms with Gasteiger partial charge in [0.2, 0.25) is 0 Å². The van der Waals surface area contributed by atoms with Crippen molar-refractivity contribution in [1.82, 2.24) is 4.98 Å². The molecule has 11 aromatic rings. The molecular formula is C53H35N2+. The SMILES string of the molecule is c1ccc(-[n+]2c(-c3ccc(-c4ccc5c(-c6cccc7ccccc67)c6ccccc6c(-c6cccc7ccccc67)c5c4)cc3)[nH]c3ccccc32)cc1. The van der Waals surface area contributed by atoms with Gasteiger partial charge in [-0.2, -0.15) is 4.57 Å². The van der Waals surface area contributed by atoms with Gasteiger partial charge in [0.25, 0.3) is 5.82 Å². The second-order valence-corrected chi connectivity index (χ2v) is 14.3. The van der Waals surface area contributed by atoms with Gasteiger partial charge in [0.05, 0.1) is 5.56 Å². The molecule has 0 bridgehead atoms. The van der Waals surface area contributed by atoms with E-state index < -0.39 is 0 Å². The predicted octanol–water partition coefficient (Wildman–Crippen LogP) is 13.7. The fourth-order valence-electron chi connectivity index (χ4n) is 8.77. The fourth-order valence-corrected chi connectivity index (χ4v) is 8.77. The highest BCUT2D eigenvalue weighted by Crippen LogP contribution is 2.47. The van der Waals surface area contributed by atoms with Gasteiger partial charge in [0.1, 0.15) is 5.69 Å². The number of nitrogens with one attached hydrogen (secondary N) is 1. The number of aromatic amines is 1. The van der Waals surface area contributed by atoms with Gasteiger partial charge in [-0.3, -0.25) is 0 Å². The van der Waals surface area contributed by atoms with Crippen LogP contribution in [0.4, 0.5) is 0 Å². The lowest BCUT2D eigenvalue weighted by atomic mass is 9.83. The first kappa shape index (κ1) is 31.3. The zero-order valence-corrected chi connectivity index (χ0v) is 30.1. The molecule has 0 saturated heterocycles. The van der Waals surface area contributed by atoms with E-state index in [-0.39, 0.29) is 0 Å². The minimum Gasteiger partial charge on any atom is -0.236 e. The third-order valence-corrected chi connectivity index (χ3v) is 11.3. The predicted molar refractivity (Wildman–Crippen MR) is 232 cm³/mol. The zero-order valence-electron chi connectivity index (χ0n) is 30.1. The lowest BCUT2D eigenvalue weighted by Gasteiger charge is -2.20. The Morgan fingerprint density at radius 3 is 1.49 bits per heavy atom. The Labute approximate surface area is 319 Å². The summed E-state index contributed by atoms with van der Waals surface area (Å²) in [6.07, 6.45) is 0. The number of benzene rings is 10. The number of rotatable bonds is 5. The van der Waals surface area contributed by atoms with Crippen LogP contribution >= 0.6 is 0 Å². The summed E-state index contributed by atoms with van der Waals surface area (Å²) in [7, 11) is 0. The first-order valence-corrected chi connectivity index (χ1v) is 18.9. The van der Waals surface area contributed by atoms with Crippen LogP contribution in [0, 0.1) is 0 Å². The molecule has 0 saturated carbocycles. The van der Waals surface area contributed by atoms with E-state index >= 15 is 0 Å². The number of hydrogen-bond donors (Lipinski definition) is 1. The number of para-hydroxylation sites is 3. The van der Waals surface area contributed by atoms with E-state index in [4.69, 9.17) is 0 Å². The number of imidazole rings is 1. The number of H-pyrrole nitrogens is 1. The largest absolute Gasteiger partial charge is 0.292 e. The lowest BCUT2D eigenvalue weighted by Crippen LogP contribution is -2.31. The van der Waals surface area contributed by atoms with Crippen LogP contribution in [0.25, 0.3) is 105 Å². The summed E-state index contributed by atoms with van der Waals surface area (Å²) in [5.41, 5.74) is 11.9. The molecule has 0 amide bonds. The average Bonchev–Trinajstić information content (AvgIpc) is 3.65. The molecule has 0 unspecified atom stereocenters. The van der Waals surface area contributed by atoms with Gasteiger partial charge in [-0.25, -0.2) is 4.98 Å². The van der Waals surface area contributed by atoms with E-state index in [0.29, 0.717) is 0 Å². The van der Waals surface area contributed by atoms with E-state index in [1.165, 1.54) is 76.5 Å². The normalized spacial score (nSPS) is 11.6. The first-order valence-electron chi connectivity index (χ1n) is 18.9. The highest BCUT2D eigenvalue weighted by Gasteiger charge is 2.23. The van der Waals surface area contributed by atoms with E-state index in [1.807, 2.05) is 0 Å². The zero-order chi connectivity index (χ0) is 36.3. The maximum Gasteiger partial charge on any atom is 0.292 e. The van der Waals surface area contributed by atoms with Crippen molar-refractivity contribution in [3.8, 4) is 50.5 Å². The van der Waals surface area contributed by atoms with Gasteiger partial charge in [0.15, 0.2) is 11.0 Å². The molecule has 1 aromatic heterocycles. The summed E-state index contributed by atoms with van der Waals surface area (Å²) >= 11 is 0. The Balaban J connectivity index is 1.15. The average molecular weight is 700 g/mol. The summed E-state index contributed by atoms with van der Waals surface area (Å²) < 4.78 is 2.32. The van der Waals surface area contributed by atoms with Crippen LogP contribution in [0.2, 0.25) is 0 Å². The number of aromatic nitrogens is 2. The van der Waals surface area contributed by atoms with Crippen molar-refractivity contribution in [1.29, 1.82) is 0 Å². The van der Waals surface area contributed by atoms with Gasteiger partial charge in [-0.1, -0.05) is 164 Å². The first-order chi connectivity index (χ1) is 27.3. The Hall–Kier alpha value is -7.29. The summed E-state index contributed by atoms with van der Waals surface area (Å²) in [5, 5.41) is 10.0. The standard InChI is InChI=1S/C53H34N2/c1-2-18-40(19-3-1)55-50-27-11-10-26-49(50)54-53(55)38-30-28-35(29-31-38)39-32-33-47-48(34-39)52(44-25-13-17-37-15-5-7-21-42(37)44)46-23-9-8-22-45(46)51(47)43-24-12-16-36-14-4-6-20-41(36)43/h1-34H/p+1. The van der Waals surface area contributed by atoms with Gasteiger partial charge in [-0.15, -0.1) is 0 Å². The molecule has 10 aromatic carbocycles. The maximum absolute atomic E-state index is 3.72. The van der Waals surface area contributed by atoms with Gasteiger partial charge in [-0.05, 0) is 119 Å². The Morgan fingerprint density at radius 1 is 0.327 bits per heavy atom. The van der Waals surface area contributed by atoms with Crippen LogP contribution < -0.4 is 4.57 Å². The molecule has 55 heavy (non-hydrogen) atoms. The van der Waals surface area contributed by atoms with Crippen molar-refractivity contribution < 1.29 is 4.57 Å². The van der Waals surface area contributed by atoms with Crippen molar-refractivity contribution in [2.75, 3.05) is 0 Å². The van der Waals surface area contributed by atoms with Crippen molar-refractivity contribution in [3.05, 3.63) is 206 Å². The second kappa shape index (κ2) is 12.7. The second-order valence-electron chi connectivity index (χ2n) is 14.3. The van der Waals surface area contributed by atoms with Gasteiger partial charge in [0, 0.05) is 0 Å². The summed E-state index contributed by atoms with van der Waals surface area (Å²) in [6.45, 7) is 0. The van der Waals surface area contributed by atoms with Crippen LogP contribution in [0.5, 0.6) is 0 Å². The topological polar surface area (TPSA) is 19.7 Å². The highest BCUT2D eigenvalue weighted by molar-refractivity contribution is 6.25. The van der Waals surface area contributed by atoms with Crippen molar-refractivity contribution in [2.45, 2.75) is 0 Å². The summed E-state index contributed by atoms with van der Waals surface area (Å²) in [6, 6.07) is 75.1. The van der Waals surface area contributed by atoms with Crippen molar-refractivity contribution in [2.24, 2.45) is 0 Å². The Kier molecular flexibility index (Phi) is 7.21. The van der Waals surface area contributed by atoms with Gasteiger partial charge < -0.3 is 0 Å². The van der Waals surface area contributed by atoms with E-state index in [2.05, 4.69) is 216 Å². The van der Waals surface area contributed by atoms with E-state index in [1.54, 1.807) is 0 Å². The van der Waals surface area contributed by atoms with Crippen LogP contribution in [-0.2, 0) is 0 Å². The molecule has 0 atom stereocenters. The van der Waals surface area contributed by atoms with Crippen LogP contribution in [0.15, 0.2) is 206 Å². The lowest BCUT2D eigenvalue weighted by molar-refractivity contribution is -0.554. The summed E-state index contributed by atoms with van der Waals surface area (Å²) in [4.78, 5) is 3.72. The molecule has 0 spiro atoms. The molecule has 0 fully saturated rings. The van der Waals surface area contributed by atoms with Crippen LogP contribution in [0.1, 0.15) is 0 Å². The molecule has 11 rings (SSSR count). The molecular weight excluding hydrogens is 665 g/mol. The molecule has 0 aliphatic heterocycles. The van der Waals surface area contributed by atoms with Crippen molar-refractivity contribution >= 4 is 54.1 Å². The minimum absolute atomic E-state index is 1.06. The van der Waals surface area contributed by atoms with Crippen molar-refractivity contribution in [3.63, 3.8) is 0 Å². The third-order valence-electron chi connectivity index (χ3n) is 11.3. The Bertz CT molecular complexity index is 3230. The molecule has 0 aliphatic carbocycles. The molecule has 256 valence electrons. The molecule has 1 N–H and O–H groups in total. The highest BCUT2D eigenvalue weighted by atomic mass is 15.1. The minimum atomic E-state index is 1.06. The van der Waals surface area contributed by atoms with Gasteiger partial charge >= 0.3 is 0 Å². The number of hydrogen-bond acceptors (Lipinski definition) is 0. The quantitative estimate of drug-likeness (QED) is 0.136. The van der Waals surface area contributed by atoms with Crippen LogP contribution in [0.3, 0.4) is 0 Å². The fraction of sp³-hybridized carbons (Fsp3) is 0. The summed E-state index contributed by atoms with van der Waals surface area (Å²) in [5.74, 6) is 1.06. The number of nitrogens with zero attached hydrogens (tertiary/aromatic N) is 1. The molecule has 1 heterocycles. The van der Waals surface area contributed by atoms with E-state index in [0.717, 1.165) is 28.1 Å². The third kappa shape index (κ3) is 5.07.